The van der Waals surface area contributed by atoms with Gasteiger partial charge in [0.2, 0.25) is 0 Å². The van der Waals surface area contributed by atoms with Crippen molar-refractivity contribution in [3.8, 4) is 5.75 Å². The summed E-state index contributed by atoms with van der Waals surface area (Å²) in [5.41, 5.74) is 1.15. The van der Waals surface area contributed by atoms with E-state index in [9.17, 15) is 13.5 Å². The zero-order valence-electron chi connectivity index (χ0n) is 9.65. The number of halogens is 2. The second-order valence-electron chi connectivity index (χ2n) is 3.79. The van der Waals surface area contributed by atoms with E-state index in [1.54, 1.807) is 6.07 Å². The fourth-order valence-electron chi connectivity index (χ4n) is 1.34. The molecule has 0 aliphatic heterocycles. The van der Waals surface area contributed by atoms with Gasteiger partial charge < -0.3 is 5.11 Å². The first-order valence-electron chi connectivity index (χ1n) is 5.07. The Morgan fingerprint density at radius 1 is 1.37 bits per heavy atom. The van der Waals surface area contributed by atoms with Crippen LogP contribution >= 0.6 is 38.9 Å². The van der Waals surface area contributed by atoms with Crippen LogP contribution in [0.2, 0.25) is 5.02 Å². The van der Waals surface area contributed by atoms with E-state index in [2.05, 4.69) is 20.7 Å². The van der Waals surface area contributed by atoms with Gasteiger partial charge in [-0.2, -0.15) is 0 Å². The number of anilines is 1. The number of phenols is 1. The summed E-state index contributed by atoms with van der Waals surface area (Å²) in [5.74, 6) is -0.0978. The lowest BCUT2D eigenvalue weighted by molar-refractivity contribution is 0.475. The van der Waals surface area contributed by atoms with E-state index in [4.69, 9.17) is 11.6 Å². The summed E-state index contributed by atoms with van der Waals surface area (Å²) in [6, 6.07) is 5.70. The van der Waals surface area contributed by atoms with Gasteiger partial charge in [0.15, 0.2) is 0 Å². The van der Waals surface area contributed by atoms with E-state index in [-0.39, 0.29) is 15.0 Å². The Balaban J connectivity index is 2.33. The molecule has 8 heteroatoms. The van der Waals surface area contributed by atoms with Gasteiger partial charge in [0, 0.05) is 0 Å². The summed E-state index contributed by atoms with van der Waals surface area (Å²) < 4.78 is 27.7. The smallest absolute Gasteiger partial charge is 0.271 e. The fourth-order valence-corrected chi connectivity index (χ4v) is 4.80. The molecule has 0 radical (unpaired) electrons. The molecule has 2 rings (SSSR count). The van der Waals surface area contributed by atoms with Crippen molar-refractivity contribution in [2.75, 3.05) is 4.72 Å². The van der Waals surface area contributed by atoms with E-state index in [0.29, 0.717) is 5.69 Å². The lowest BCUT2D eigenvalue weighted by Crippen LogP contribution is -2.11. The third-order valence-electron chi connectivity index (χ3n) is 2.30. The van der Waals surface area contributed by atoms with Crippen molar-refractivity contribution < 1.29 is 13.5 Å². The minimum absolute atomic E-state index is 0.0868. The molecule has 0 aliphatic rings. The monoisotopic (exact) mass is 381 g/mol. The summed E-state index contributed by atoms with van der Waals surface area (Å²) in [4.78, 5) is 0. The highest BCUT2D eigenvalue weighted by molar-refractivity contribution is 9.11. The molecule has 0 saturated heterocycles. The van der Waals surface area contributed by atoms with Crippen molar-refractivity contribution >= 4 is 54.6 Å². The molecule has 1 aromatic carbocycles. The van der Waals surface area contributed by atoms with Crippen molar-refractivity contribution in [2.45, 2.75) is 11.1 Å². The molecule has 0 aliphatic carbocycles. The summed E-state index contributed by atoms with van der Waals surface area (Å²) in [7, 11) is -3.65. The highest BCUT2D eigenvalue weighted by atomic mass is 79.9. The number of hydrogen-bond acceptors (Lipinski definition) is 4. The number of sulfonamides is 1. The van der Waals surface area contributed by atoms with Crippen LogP contribution in [-0.4, -0.2) is 13.5 Å². The predicted molar refractivity (Wildman–Crippen MR) is 80.7 cm³/mol. The Hall–Kier alpha value is -0.760. The zero-order chi connectivity index (χ0) is 14.2. The molecular formula is C11H9BrClNO3S2. The fraction of sp³-hybridized carbons (Fsp3) is 0.0909. The average Bonchev–Trinajstić information content (AvgIpc) is 2.65. The van der Waals surface area contributed by atoms with Crippen molar-refractivity contribution in [2.24, 2.45) is 0 Å². The highest BCUT2D eigenvalue weighted by Crippen LogP contribution is 2.32. The normalized spacial score (nSPS) is 11.5. The number of nitrogens with one attached hydrogen (secondary N) is 1. The van der Waals surface area contributed by atoms with Gasteiger partial charge in [0.25, 0.3) is 10.0 Å². The molecule has 0 fully saturated rings. The van der Waals surface area contributed by atoms with Crippen molar-refractivity contribution in [1.29, 1.82) is 0 Å². The summed E-state index contributed by atoms with van der Waals surface area (Å²) >= 11 is 10.1. The third-order valence-corrected chi connectivity index (χ3v) is 6.59. The largest absolute Gasteiger partial charge is 0.506 e. The Morgan fingerprint density at radius 3 is 2.58 bits per heavy atom. The molecule has 0 bridgehead atoms. The van der Waals surface area contributed by atoms with Crippen LogP contribution in [0.5, 0.6) is 5.75 Å². The number of aryl methyl sites for hydroxylation is 1. The Labute approximate surface area is 128 Å². The topological polar surface area (TPSA) is 66.4 Å². The minimum Gasteiger partial charge on any atom is -0.506 e. The van der Waals surface area contributed by atoms with Gasteiger partial charge in [-0.1, -0.05) is 11.6 Å². The van der Waals surface area contributed by atoms with Crippen molar-refractivity contribution in [1.82, 2.24) is 0 Å². The van der Waals surface area contributed by atoms with Gasteiger partial charge >= 0.3 is 0 Å². The molecule has 2 aromatic rings. The maximum absolute atomic E-state index is 12.1. The quantitative estimate of drug-likeness (QED) is 0.789. The Morgan fingerprint density at radius 2 is 2.05 bits per heavy atom. The summed E-state index contributed by atoms with van der Waals surface area (Å²) in [6.07, 6.45) is 0. The van der Waals surface area contributed by atoms with Crippen LogP contribution in [0.15, 0.2) is 32.3 Å². The first kappa shape index (κ1) is 14.6. The van der Waals surface area contributed by atoms with E-state index >= 15 is 0 Å². The molecule has 4 nitrogen and oxygen atoms in total. The molecule has 1 heterocycles. The van der Waals surface area contributed by atoms with Crippen LogP contribution in [-0.2, 0) is 10.0 Å². The van der Waals surface area contributed by atoms with Gasteiger partial charge in [-0.25, -0.2) is 8.42 Å². The maximum atomic E-state index is 12.1. The van der Waals surface area contributed by atoms with Crippen LogP contribution in [0.25, 0.3) is 0 Å². The average molecular weight is 383 g/mol. The van der Waals surface area contributed by atoms with E-state index < -0.39 is 10.0 Å². The molecule has 0 unspecified atom stereocenters. The van der Waals surface area contributed by atoms with E-state index in [0.717, 1.165) is 20.7 Å². The van der Waals surface area contributed by atoms with Crippen LogP contribution in [0.3, 0.4) is 0 Å². The lowest BCUT2D eigenvalue weighted by atomic mass is 10.3. The van der Waals surface area contributed by atoms with E-state index in [1.165, 1.54) is 18.2 Å². The third kappa shape index (κ3) is 3.22. The van der Waals surface area contributed by atoms with Crippen molar-refractivity contribution in [3.05, 3.63) is 38.6 Å². The van der Waals surface area contributed by atoms with Gasteiger partial charge in [-0.05, 0) is 52.7 Å². The lowest BCUT2D eigenvalue weighted by Gasteiger charge is -2.07. The van der Waals surface area contributed by atoms with Crippen LogP contribution in [0, 0.1) is 6.92 Å². The number of aromatic hydroxyl groups is 1. The number of hydrogen-bond donors (Lipinski definition) is 2. The molecular weight excluding hydrogens is 374 g/mol. The molecule has 2 N–H and O–H groups in total. The van der Waals surface area contributed by atoms with Gasteiger partial charge in [0.1, 0.15) is 9.96 Å². The number of phenolic OH excluding ortho intramolecular Hbond substituents is 1. The van der Waals surface area contributed by atoms with Gasteiger partial charge in [0.05, 0.1) is 14.5 Å². The summed E-state index contributed by atoms with van der Waals surface area (Å²) in [5, 5.41) is 9.37. The first-order valence-corrected chi connectivity index (χ1v) is 8.54. The predicted octanol–water partition coefficient (Wildman–Crippen LogP) is 3.98. The van der Waals surface area contributed by atoms with Crippen LogP contribution < -0.4 is 4.72 Å². The standard InChI is InChI=1S/C11H9BrClNO3S2/c1-6-4-10(18-11(6)12)19(16,17)14-7-2-3-9(15)8(13)5-7/h2-5,14-15H,1H3. The zero-order valence-corrected chi connectivity index (χ0v) is 13.6. The second kappa shape index (κ2) is 5.32. The molecule has 19 heavy (non-hydrogen) atoms. The number of thiophene rings is 1. The SMILES string of the molecule is Cc1cc(S(=O)(=O)Nc2ccc(O)c(Cl)c2)sc1Br. The van der Waals surface area contributed by atoms with Crippen LogP contribution in [0.4, 0.5) is 5.69 Å². The molecule has 102 valence electrons. The molecule has 0 atom stereocenters. The number of benzene rings is 1. The molecule has 0 amide bonds. The second-order valence-corrected chi connectivity index (χ2v) is 8.48. The molecule has 0 saturated carbocycles. The first-order chi connectivity index (χ1) is 8.79. The Bertz CT molecular complexity index is 708. The maximum Gasteiger partial charge on any atom is 0.271 e. The summed E-state index contributed by atoms with van der Waals surface area (Å²) in [6.45, 7) is 1.82. The van der Waals surface area contributed by atoms with Crippen molar-refractivity contribution in [3.63, 3.8) is 0 Å². The van der Waals surface area contributed by atoms with E-state index in [1.807, 2.05) is 6.92 Å². The molecule has 1 aromatic heterocycles. The van der Waals surface area contributed by atoms with Gasteiger partial charge in [-0.15, -0.1) is 11.3 Å². The Kier molecular flexibility index (Phi) is 4.10. The highest BCUT2D eigenvalue weighted by Gasteiger charge is 2.18. The van der Waals surface area contributed by atoms with Crippen LogP contribution in [0.1, 0.15) is 5.56 Å². The minimum atomic E-state index is -3.65. The van der Waals surface area contributed by atoms with Gasteiger partial charge in [-0.3, -0.25) is 4.72 Å². The number of rotatable bonds is 3. The molecule has 0 spiro atoms.